The number of rotatable bonds is 4. The summed E-state index contributed by atoms with van der Waals surface area (Å²) in [5.74, 6) is -0.859. The Bertz CT molecular complexity index is 1190. The maximum absolute atomic E-state index is 14.9. The molecular weight excluding hydrogens is 419 g/mol. The first-order valence-electron chi connectivity index (χ1n) is 10.2. The third-order valence-electron chi connectivity index (χ3n) is 5.82. The number of carbonyl (C=O) groups is 1. The Morgan fingerprint density at radius 1 is 1.12 bits per heavy atom. The van der Waals surface area contributed by atoms with Gasteiger partial charge in [0.2, 0.25) is 5.91 Å². The maximum Gasteiger partial charge on any atom is 0.237 e. The van der Waals surface area contributed by atoms with Crippen molar-refractivity contribution in [3.8, 4) is 11.3 Å². The second-order valence-corrected chi connectivity index (χ2v) is 8.31. The van der Waals surface area contributed by atoms with Gasteiger partial charge in [-0.1, -0.05) is 0 Å². The number of nitrogens with two attached hydrogens (primary N) is 1. The molecule has 32 heavy (non-hydrogen) atoms. The lowest BCUT2D eigenvalue weighted by Crippen LogP contribution is -2.53. The molecule has 0 saturated carbocycles. The molecule has 0 radical (unpaired) electrons. The Hall–Kier alpha value is -3.33. The summed E-state index contributed by atoms with van der Waals surface area (Å²) >= 11 is 0. The second kappa shape index (κ2) is 7.98. The van der Waals surface area contributed by atoms with Crippen LogP contribution < -0.4 is 11.1 Å². The van der Waals surface area contributed by atoms with Gasteiger partial charge in [-0.05, 0) is 62.7 Å². The fraction of sp³-hybridized carbons (Fsp3) is 0.304. The van der Waals surface area contributed by atoms with Crippen molar-refractivity contribution >= 4 is 17.4 Å². The van der Waals surface area contributed by atoms with E-state index in [1.54, 1.807) is 17.0 Å². The third-order valence-corrected chi connectivity index (χ3v) is 5.82. The van der Waals surface area contributed by atoms with Crippen molar-refractivity contribution in [2.75, 3.05) is 18.4 Å². The van der Waals surface area contributed by atoms with Crippen LogP contribution in [0.5, 0.6) is 0 Å². The van der Waals surface area contributed by atoms with Crippen molar-refractivity contribution in [2.45, 2.75) is 32.9 Å². The molecular formula is C23H24F3N5O. The highest BCUT2D eigenvalue weighted by atomic mass is 19.1. The number of hydrogen-bond donors (Lipinski definition) is 2. The molecule has 0 unspecified atom stereocenters. The Morgan fingerprint density at radius 3 is 2.47 bits per heavy atom. The van der Waals surface area contributed by atoms with Crippen LogP contribution in [0.25, 0.3) is 11.3 Å². The van der Waals surface area contributed by atoms with Gasteiger partial charge in [-0.25, -0.2) is 18.2 Å². The SMILES string of the molecule is Cc1cc(F)c(-c2nc3n(c2Nc2ccc(F)cc2)CCN(C(=O)CN)C3(C)C)cc1F. The predicted molar refractivity (Wildman–Crippen MR) is 116 cm³/mol. The average Bonchev–Trinajstić information content (AvgIpc) is 3.11. The number of halogens is 3. The summed E-state index contributed by atoms with van der Waals surface area (Å²) in [6.07, 6.45) is 0. The number of nitrogens with one attached hydrogen (secondary N) is 1. The third kappa shape index (κ3) is 3.62. The van der Waals surface area contributed by atoms with E-state index in [4.69, 9.17) is 5.73 Å². The minimum absolute atomic E-state index is 0.00730. The molecule has 0 fully saturated rings. The molecule has 6 nitrogen and oxygen atoms in total. The van der Waals surface area contributed by atoms with Gasteiger partial charge in [0.1, 0.15) is 34.8 Å². The molecule has 0 bridgehead atoms. The van der Waals surface area contributed by atoms with Crippen LogP contribution in [0, 0.1) is 24.4 Å². The minimum Gasteiger partial charge on any atom is -0.340 e. The van der Waals surface area contributed by atoms with E-state index in [2.05, 4.69) is 10.3 Å². The van der Waals surface area contributed by atoms with Crippen molar-refractivity contribution in [2.24, 2.45) is 5.73 Å². The van der Waals surface area contributed by atoms with E-state index in [1.807, 2.05) is 18.4 Å². The summed E-state index contributed by atoms with van der Waals surface area (Å²) in [5.41, 5.74) is 5.68. The topological polar surface area (TPSA) is 76.2 Å². The van der Waals surface area contributed by atoms with Gasteiger partial charge in [0.05, 0.1) is 12.1 Å². The molecule has 1 aliphatic heterocycles. The molecule has 1 amide bonds. The average molecular weight is 443 g/mol. The van der Waals surface area contributed by atoms with E-state index in [-0.39, 0.29) is 29.3 Å². The fourth-order valence-corrected chi connectivity index (χ4v) is 4.10. The molecule has 3 aromatic rings. The van der Waals surface area contributed by atoms with Gasteiger partial charge < -0.3 is 20.5 Å². The Balaban J connectivity index is 1.91. The number of imidazole rings is 1. The molecule has 2 heterocycles. The van der Waals surface area contributed by atoms with Crippen molar-refractivity contribution in [3.63, 3.8) is 0 Å². The summed E-state index contributed by atoms with van der Waals surface area (Å²) in [6.45, 7) is 5.74. The van der Waals surface area contributed by atoms with Crippen LogP contribution in [0.4, 0.5) is 24.7 Å². The van der Waals surface area contributed by atoms with Crippen molar-refractivity contribution in [3.05, 3.63) is 65.2 Å². The van der Waals surface area contributed by atoms with Crippen molar-refractivity contribution < 1.29 is 18.0 Å². The summed E-state index contributed by atoms with van der Waals surface area (Å²) in [5, 5.41) is 3.18. The number of hydrogen-bond acceptors (Lipinski definition) is 4. The van der Waals surface area contributed by atoms with Gasteiger partial charge in [-0.3, -0.25) is 4.79 Å². The maximum atomic E-state index is 14.9. The predicted octanol–water partition coefficient (Wildman–Crippen LogP) is 4.06. The van der Waals surface area contributed by atoms with Crippen LogP contribution in [-0.2, 0) is 16.9 Å². The Kier molecular flexibility index (Phi) is 5.46. The monoisotopic (exact) mass is 443 g/mol. The number of aryl methyl sites for hydroxylation is 1. The summed E-state index contributed by atoms with van der Waals surface area (Å²) in [4.78, 5) is 18.7. The van der Waals surface area contributed by atoms with Crippen LogP contribution in [-0.4, -0.2) is 33.4 Å². The van der Waals surface area contributed by atoms with Crippen LogP contribution in [0.1, 0.15) is 25.2 Å². The largest absolute Gasteiger partial charge is 0.340 e. The fourth-order valence-electron chi connectivity index (χ4n) is 4.10. The van der Waals surface area contributed by atoms with Gasteiger partial charge in [0.15, 0.2) is 0 Å². The zero-order chi connectivity index (χ0) is 23.2. The summed E-state index contributed by atoms with van der Waals surface area (Å²) in [6, 6.07) is 7.93. The van der Waals surface area contributed by atoms with Crippen LogP contribution in [0.3, 0.4) is 0 Å². The number of benzene rings is 2. The second-order valence-electron chi connectivity index (χ2n) is 8.31. The number of carbonyl (C=O) groups excluding carboxylic acids is 1. The zero-order valence-electron chi connectivity index (χ0n) is 18.0. The highest BCUT2D eigenvalue weighted by Crippen LogP contribution is 2.40. The van der Waals surface area contributed by atoms with Gasteiger partial charge in [-0.15, -0.1) is 0 Å². The van der Waals surface area contributed by atoms with Crippen molar-refractivity contribution in [1.29, 1.82) is 0 Å². The Labute approximate surface area is 183 Å². The molecule has 2 aromatic carbocycles. The van der Waals surface area contributed by atoms with Gasteiger partial charge >= 0.3 is 0 Å². The Morgan fingerprint density at radius 2 is 1.81 bits per heavy atom. The molecule has 0 saturated heterocycles. The first-order valence-corrected chi connectivity index (χ1v) is 10.2. The smallest absolute Gasteiger partial charge is 0.237 e. The van der Waals surface area contributed by atoms with E-state index < -0.39 is 23.0 Å². The lowest BCUT2D eigenvalue weighted by Gasteiger charge is -2.42. The van der Waals surface area contributed by atoms with E-state index in [0.29, 0.717) is 30.4 Å². The first kappa shape index (κ1) is 21.9. The molecule has 0 atom stereocenters. The molecule has 1 aromatic heterocycles. The molecule has 1 aliphatic rings. The van der Waals surface area contributed by atoms with E-state index in [0.717, 1.165) is 12.1 Å². The molecule has 0 spiro atoms. The molecule has 4 rings (SSSR count). The van der Waals surface area contributed by atoms with E-state index in [9.17, 15) is 18.0 Å². The molecule has 3 N–H and O–H groups in total. The zero-order valence-corrected chi connectivity index (χ0v) is 18.0. The van der Waals surface area contributed by atoms with Crippen LogP contribution in [0.2, 0.25) is 0 Å². The number of anilines is 2. The first-order chi connectivity index (χ1) is 15.1. The summed E-state index contributed by atoms with van der Waals surface area (Å²) < 4.78 is 44.5. The van der Waals surface area contributed by atoms with E-state index in [1.165, 1.54) is 19.1 Å². The number of aromatic nitrogens is 2. The standard InChI is InChI=1S/C23H24F3N5O/c1-13-10-18(26)16(11-17(13)25)20-21(28-15-6-4-14(24)5-7-15)30-8-9-31(19(32)12-27)23(2,3)22(30)29-20/h4-7,10-11,28H,8-9,12,27H2,1-3H3. The van der Waals surface area contributed by atoms with Gasteiger partial charge in [-0.2, -0.15) is 0 Å². The van der Waals surface area contributed by atoms with Crippen molar-refractivity contribution in [1.82, 2.24) is 14.5 Å². The summed E-state index contributed by atoms with van der Waals surface area (Å²) in [7, 11) is 0. The minimum atomic E-state index is -0.841. The van der Waals surface area contributed by atoms with Crippen LogP contribution >= 0.6 is 0 Å². The number of fused-ring (bicyclic) bond motifs is 1. The van der Waals surface area contributed by atoms with Gasteiger partial charge in [0.25, 0.3) is 0 Å². The highest BCUT2D eigenvalue weighted by Gasteiger charge is 2.41. The highest BCUT2D eigenvalue weighted by molar-refractivity contribution is 5.80. The lowest BCUT2D eigenvalue weighted by molar-refractivity contribution is -0.137. The molecule has 0 aliphatic carbocycles. The lowest BCUT2D eigenvalue weighted by atomic mass is 9.99. The van der Waals surface area contributed by atoms with E-state index >= 15 is 0 Å². The van der Waals surface area contributed by atoms with Crippen LogP contribution in [0.15, 0.2) is 36.4 Å². The number of nitrogens with zero attached hydrogens (tertiary/aromatic N) is 3. The van der Waals surface area contributed by atoms with Gasteiger partial charge in [0, 0.05) is 24.3 Å². The quantitative estimate of drug-likeness (QED) is 0.638. The molecule has 168 valence electrons. The molecule has 9 heteroatoms. The normalized spacial score (nSPS) is 14.9. The number of amides is 1.